The number of hydrogen-bond donors (Lipinski definition) is 14. The van der Waals surface area contributed by atoms with Gasteiger partial charge in [0.15, 0.2) is 0 Å². The molecule has 0 bridgehead atoms. The molecule has 9 aromatic rings. The topological polar surface area (TPSA) is 306 Å². The van der Waals surface area contributed by atoms with E-state index in [1.54, 1.807) is 0 Å². The van der Waals surface area contributed by atoms with Crippen molar-refractivity contribution in [3.8, 4) is 11.5 Å². The summed E-state index contributed by atoms with van der Waals surface area (Å²) in [6, 6.07) is 54.0. The Morgan fingerprint density at radius 1 is 0.274 bits per heavy atom. The van der Waals surface area contributed by atoms with E-state index in [0.717, 1.165) is 131 Å². The van der Waals surface area contributed by atoms with Gasteiger partial charge >= 0.3 is 42.2 Å². The smallest absolute Gasteiger partial charge is 0.319 e. The Kier molecular flexibility index (Phi) is 39.0. The first-order chi connectivity index (χ1) is 57.1. The van der Waals surface area contributed by atoms with Crippen LogP contribution in [0.25, 0.3) is 21.5 Å². The van der Waals surface area contributed by atoms with Gasteiger partial charge in [0, 0.05) is 111 Å². The van der Waals surface area contributed by atoms with Crippen molar-refractivity contribution < 1.29 is 73.8 Å². The summed E-state index contributed by atoms with van der Waals surface area (Å²) < 4.78 is 94.1. The predicted molar refractivity (Wildman–Crippen MR) is 447 cm³/mol. The first kappa shape index (κ1) is 90.0. The number of hydrogen-bond acceptors (Lipinski definition) is 9. The zero-order valence-electron chi connectivity index (χ0n) is 65.3. The predicted octanol–water partition coefficient (Wildman–Crippen LogP) is 15.8. The van der Waals surface area contributed by atoms with Crippen LogP contribution >= 0.6 is 0 Å². The van der Waals surface area contributed by atoms with Gasteiger partial charge in [-0.15, -0.1) is 0 Å². The number of rotatable bonds is 23. The number of alkyl halides is 7. The standard InChI is InChI=1S/C13H17FN2O.2C13H13FN2O.2C12H15FN2O2.2C12H15FN2O/c2*14-8-9-15-13(17)16-12-7-3-5-10-4-1-2-6-11(10)12;14-7-8-15-13(17)16-12-6-5-10-3-1-2-4-11(10)9-12;2*13-5-6-14-12(16)15-8-10-3-1-2-9-4-7-17-11(9)10;13-7-8-14-12(16)15-11-6-2-4-9-3-1-5-10(9)11;13-6-7-14-12(16)15-11-5-4-9-2-1-3-10(9)8-11/h3,5,7H,1-2,4,6,8-9H2,(H2,15,16,17);1-7H,8-9H2,(H2,15,16,17);1-6,9H,7-8H2,(H2,15,16,17);2*1-3H,4-8H2,(H2,14,15,16);2,4,6H,1,3,5,7-8H2,(H2,14,15,16);4-5,8H,1-3,6-7H2,(H2,14,15,16). The molecule has 30 heteroatoms. The normalized spacial score (nSPS) is 12.3. The van der Waals surface area contributed by atoms with Crippen LogP contribution in [0, 0.1) is 0 Å². The molecule has 0 aromatic heterocycles. The van der Waals surface area contributed by atoms with Crippen molar-refractivity contribution in [2.45, 2.75) is 90.1 Å². The number of halogens is 7. The van der Waals surface area contributed by atoms with Crippen molar-refractivity contribution >= 4 is 92.2 Å². The Bertz CT molecular complexity index is 4590. The first-order valence-corrected chi connectivity index (χ1v) is 39.1. The first-order valence-electron chi connectivity index (χ1n) is 39.1. The van der Waals surface area contributed by atoms with Gasteiger partial charge in [0.05, 0.1) is 18.9 Å². The lowest BCUT2D eigenvalue weighted by Crippen LogP contribution is -2.36. The van der Waals surface area contributed by atoms with Crippen LogP contribution in [0.1, 0.15) is 81.3 Å². The molecule has 0 atom stereocenters. The number of fused-ring (bicyclic) bond motifs is 7. The van der Waals surface area contributed by atoms with E-state index in [1.165, 1.54) is 57.3 Å². The molecule has 0 radical (unpaired) electrons. The van der Waals surface area contributed by atoms with Gasteiger partial charge < -0.3 is 83.9 Å². The molecule has 14 N–H and O–H groups in total. The molecule has 0 saturated carbocycles. The second kappa shape index (κ2) is 50.7. The van der Waals surface area contributed by atoms with Crippen LogP contribution in [0.3, 0.4) is 0 Å². The third kappa shape index (κ3) is 30.7. The second-order valence-electron chi connectivity index (χ2n) is 26.8. The molecule has 3 aliphatic carbocycles. The quantitative estimate of drug-likeness (QED) is 0.0270. The minimum absolute atomic E-state index is 0.0244. The summed E-state index contributed by atoms with van der Waals surface area (Å²) >= 11 is 0. The van der Waals surface area contributed by atoms with E-state index >= 15 is 0 Å². The highest BCUT2D eigenvalue weighted by molar-refractivity contribution is 6.02. The van der Waals surface area contributed by atoms with Gasteiger partial charge in [0.1, 0.15) is 58.2 Å². The van der Waals surface area contributed by atoms with Gasteiger partial charge in [-0.05, 0) is 167 Å². The molecular formula is C87H103F7N14O9. The zero-order valence-corrected chi connectivity index (χ0v) is 65.3. The molecule has 0 saturated heterocycles. The van der Waals surface area contributed by atoms with Crippen molar-refractivity contribution in [3.63, 3.8) is 0 Å². The lowest BCUT2D eigenvalue weighted by atomic mass is 9.90. The number of aryl methyl sites for hydroxylation is 4. The van der Waals surface area contributed by atoms with Gasteiger partial charge in [-0.25, -0.2) is 64.3 Å². The molecule has 2 aliphatic heterocycles. The van der Waals surface area contributed by atoms with Crippen molar-refractivity contribution in [3.05, 3.63) is 232 Å². The van der Waals surface area contributed by atoms with E-state index < -0.39 is 52.8 Å². The maximum Gasteiger partial charge on any atom is 0.319 e. The van der Waals surface area contributed by atoms with Crippen LogP contribution in [0.15, 0.2) is 176 Å². The van der Waals surface area contributed by atoms with Gasteiger partial charge in [-0.2, -0.15) is 0 Å². The fourth-order valence-electron chi connectivity index (χ4n) is 13.2. The van der Waals surface area contributed by atoms with E-state index in [4.69, 9.17) is 9.47 Å². The summed E-state index contributed by atoms with van der Waals surface area (Å²) in [4.78, 5) is 79.4. The van der Waals surface area contributed by atoms with Crippen molar-refractivity contribution in [2.24, 2.45) is 0 Å². The third-order valence-electron chi connectivity index (χ3n) is 18.6. The number of carbonyl (C=O) groups is 7. The van der Waals surface area contributed by atoms with Crippen molar-refractivity contribution in [1.82, 2.24) is 47.9 Å². The summed E-state index contributed by atoms with van der Waals surface area (Å²) in [5, 5.41) is 40.1. The number of anilines is 5. The molecule has 14 rings (SSSR count). The lowest BCUT2D eigenvalue weighted by Gasteiger charge is -2.19. The van der Waals surface area contributed by atoms with Crippen LogP contribution in [0.2, 0.25) is 0 Å². The minimum Gasteiger partial charge on any atom is -0.493 e. The molecule has 0 fully saturated rings. The van der Waals surface area contributed by atoms with Gasteiger partial charge in [0.25, 0.3) is 0 Å². The fourth-order valence-corrected chi connectivity index (χ4v) is 13.2. The van der Waals surface area contributed by atoms with Crippen LogP contribution in [-0.2, 0) is 64.5 Å². The molecular weight excluding hydrogens is 1520 g/mol. The van der Waals surface area contributed by atoms with Crippen LogP contribution in [0.5, 0.6) is 11.5 Å². The van der Waals surface area contributed by atoms with Gasteiger partial charge in [0.2, 0.25) is 0 Å². The van der Waals surface area contributed by atoms with Crippen LogP contribution in [0.4, 0.5) is 92.7 Å². The molecule has 14 amide bonds. The molecule has 117 heavy (non-hydrogen) atoms. The van der Waals surface area contributed by atoms with E-state index in [-0.39, 0.29) is 82.0 Å². The molecule has 624 valence electrons. The van der Waals surface area contributed by atoms with Crippen LogP contribution < -0.4 is 83.9 Å². The highest BCUT2D eigenvalue weighted by Gasteiger charge is 2.21. The van der Waals surface area contributed by atoms with E-state index in [2.05, 4.69) is 86.6 Å². The Balaban J connectivity index is 0.000000170. The summed E-state index contributed by atoms with van der Waals surface area (Å²) in [6.45, 7) is -1.41. The minimum atomic E-state index is -0.567. The summed E-state index contributed by atoms with van der Waals surface area (Å²) in [5.74, 6) is 1.75. The Morgan fingerprint density at radius 2 is 0.632 bits per heavy atom. The van der Waals surface area contributed by atoms with E-state index in [0.29, 0.717) is 32.0 Å². The maximum absolute atomic E-state index is 11.9. The van der Waals surface area contributed by atoms with Crippen molar-refractivity contribution in [2.75, 3.05) is 132 Å². The molecule has 0 spiro atoms. The number of urea groups is 7. The number of benzene rings is 9. The summed E-state index contributed by atoms with van der Waals surface area (Å²) in [5.41, 5.74) is 15.9. The summed E-state index contributed by atoms with van der Waals surface area (Å²) in [7, 11) is 0. The lowest BCUT2D eigenvalue weighted by molar-refractivity contribution is 0.238. The molecule has 5 aliphatic rings. The number of ether oxygens (including phenoxy) is 2. The highest BCUT2D eigenvalue weighted by Crippen LogP contribution is 2.33. The summed E-state index contributed by atoms with van der Waals surface area (Å²) in [6.07, 6.45) is 12.9. The van der Waals surface area contributed by atoms with Gasteiger partial charge in [-0.1, -0.05) is 133 Å². The Hall–Kier alpha value is -12.5. The number of para-hydroxylation sites is 2. The van der Waals surface area contributed by atoms with Crippen molar-refractivity contribution in [1.29, 1.82) is 0 Å². The van der Waals surface area contributed by atoms with Gasteiger partial charge in [-0.3, -0.25) is 0 Å². The number of nitrogens with one attached hydrogen (secondary N) is 14. The molecule has 23 nitrogen and oxygen atoms in total. The number of amides is 14. The largest absolute Gasteiger partial charge is 0.493 e. The van der Waals surface area contributed by atoms with E-state index in [9.17, 15) is 64.3 Å². The van der Waals surface area contributed by atoms with Crippen LogP contribution in [-0.4, -0.2) is 148 Å². The SMILES string of the molecule is O=C(NCCF)NCc1cccc2c1OCC2.O=C(NCCF)NCc1cccc2c1OCC2.O=C(NCCF)Nc1ccc2c(c1)CCC2.O=C(NCCF)Nc1ccc2ccccc2c1.O=C(NCCF)Nc1cccc2c1CCC2.O=C(NCCF)Nc1cccc2c1CCCC2.O=C(NCCF)Nc1cccc2ccccc12. The monoisotopic (exact) mass is 1620 g/mol. The zero-order chi connectivity index (χ0) is 83.2. The second-order valence-corrected chi connectivity index (χ2v) is 26.8. The molecule has 0 unspecified atom stereocenters. The Morgan fingerprint density at radius 3 is 1.15 bits per heavy atom. The third-order valence-corrected chi connectivity index (χ3v) is 18.6. The maximum atomic E-state index is 11.9. The van der Waals surface area contributed by atoms with E-state index in [1.807, 2.05) is 164 Å². The molecule has 2 heterocycles. The average Bonchev–Trinajstić information content (AvgIpc) is 1.79. The fraction of sp³-hybridized carbons (Fsp3) is 0.345. The highest BCUT2D eigenvalue weighted by atomic mass is 19.1. The Labute approximate surface area is 676 Å². The molecule has 9 aromatic carbocycles. The number of carbonyl (C=O) groups excluding carboxylic acids is 7. The average molecular weight is 1620 g/mol.